The van der Waals surface area contributed by atoms with Crippen molar-refractivity contribution < 1.29 is 29.9 Å². The molecule has 1 atom stereocenters. The first-order valence-electron chi connectivity index (χ1n) is 6.38. The molecule has 1 unspecified atom stereocenters. The van der Waals surface area contributed by atoms with Crippen LogP contribution < -0.4 is 5.43 Å². The third-order valence-corrected chi connectivity index (χ3v) is 3.42. The Hall–Kier alpha value is -2.93. The van der Waals surface area contributed by atoms with Gasteiger partial charge in [0.1, 0.15) is 5.76 Å². The summed E-state index contributed by atoms with van der Waals surface area (Å²) in [5, 5.41) is 48.2. The first-order valence-corrected chi connectivity index (χ1v) is 6.38. The van der Waals surface area contributed by atoms with Gasteiger partial charge in [-0.1, -0.05) is 0 Å². The predicted octanol–water partition coefficient (Wildman–Crippen LogP) is 1.76. The highest BCUT2D eigenvalue weighted by molar-refractivity contribution is 5.69. The molecule has 1 aliphatic rings. The van der Waals surface area contributed by atoms with Gasteiger partial charge in [-0.25, -0.2) is 0 Å². The van der Waals surface area contributed by atoms with E-state index in [0.717, 1.165) is 6.07 Å². The molecule has 114 valence electrons. The SMILES string of the molecule is O=c1c(O)c(-c2ccc(O)c(O)c2)oc2c1C(O)CC(O)=C2. The Balaban J connectivity index is 2.27. The van der Waals surface area contributed by atoms with Crippen molar-refractivity contribution in [2.24, 2.45) is 0 Å². The molecule has 1 heterocycles. The Bertz CT molecular complexity index is 848. The lowest BCUT2D eigenvalue weighted by Crippen LogP contribution is -2.19. The molecule has 0 amide bonds. The number of benzene rings is 1. The predicted molar refractivity (Wildman–Crippen MR) is 75.6 cm³/mol. The molecule has 7 heteroatoms. The van der Waals surface area contributed by atoms with Crippen molar-refractivity contribution in [1.82, 2.24) is 0 Å². The lowest BCUT2D eigenvalue weighted by Gasteiger charge is -2.18. The zero-order valence-corrected chi connectivity index (χ0v) is 11.1. The summed E-state index contributed by atoms with van der Waals surface area (Å²) in [6.45, 7) is 0. The van der Waals surface area contributed by atoms with Gasteiger partial charge < -0.3 is 29.9 Å². The maximum atomic E-state index is 12.2. The molecule has 3 rings (SSSR count). The second-order valence-electron chi connectivity index (χ2n) is 4.95. The van der Waals surface area contributed by atoms with Crippen LogP contribution in [-0.2, 0) is 0 Å². The third kappa shape index (κ3) is 2.08. The largest absolute Gasteiger partial charge is 0.512 e. The Morgan fingerprint density at radius 2 is 1.82 bits per heavy atom. The highest BCUT2D eigenvalue weighted by Gasteiger charge is 2.28. The summed E-state index contributed by atoms with van der Waals surface area (Å²) in [6.07, 6.45) is -0.229. The van der Waals surface area contributed by atoms with Gasteiger partial charge in [-0.05, 0) is 18.2 Å². The Kier molecular flexibility index (Phi) is 3.07. The molecular weight excluding hydrogens is 292 g/mol. The molecule has 0 bridgehead atoms. The monoisotopic (exact) mass is 304 g/mol. The van der Waals surface area contributed by atoms with Crippen LogP contribution in [0.1, 0.15) is 23.8 Å². The minimum Gasteiger partial charge on any atom is -0.512 e. The summed E-state index contributed by atoms with van der Waals surface area (Å²) in [4.78, 5) is 12.2. The van der Waals surface area contributed by atoms with Crippen molar-refractivity contribution in [2.75, 3.05) is 0 Å². The molecule has 1 aromatic carbocycles. The van der Waals surface area contributed by atoms with Crippen molar-refractivity contribution >= 4 is 6.08 Å². The van der Waals surface area contributed by atoms with E-state index in [1.807, 2.05) is 0 Å². The van der Waals surface area contributed by atoms with Crippen LogP contribution >= 0.6 is 0 Å². The maximum absolute atomic E-state index is 12.2. The van der Waals surface area contributed by atoms with Gasteiger partial charge in [0, 0.05) is 18.1 Å². The lowest BCUT2D eigenvalue weighted by atomic mass is 9.97. The number of hydrogen-bond acceptors (Lipinski definition) is 7. The van der Waals surface area contributed by atoms with Gasteiger partial charge in [0.05, 0.1) is 17.4 Å². The van der Waals surface area contributed by atoms with Crippen molar-refractivity contribution in [3.8, 4) is 28.6 Å². The summed E-state index contributed by atoms with van der Waals surface area (Å²) < 4.78 is 5.39. The average Bonchev–Trinajstić information content (AvgIpc) is 2.45. The van der Waals surface area contributed by atoms with Crippen LogP contribution in [0.5, 0.6) is 17.2 Å². The number of phenols is 2. The highest BCUT2D eigenvalue weighted by atomic mass is 16.4. The number of phenolic OH excluding ortho intramolecular Hbond substituents is 2. The standard InChI is InChI=1S/C15H12O7/c16-7-4-10(19)12-11(5-7)22-15(14(21)13(12)20)6-1-2-8(17)9(18)3-6/h1-3,5,10,16-19,21H,4H2. The summed E-state index contributed by atoms with van der Waals surface area (Å²) >= 11 is 0. The molecule has 2 aromatic rings. The van der Waals surface area contributed by atoms with Gasteiger partial charge in [-0.3, -0.25) is 4.79 Å². The molecule has 0 fully saturated rings. The molecule has 7 nitrogen and oxygen atoms in total. The number of aliphatic hydroxyl groups is 2. The van der Waals surface area contributed by atoms with Crippen LogP contribution in [0.4, 0.5) is 0 Å². The number of fused-ring (bicyclic) bond motifs is 1. The van der Waals surface area contributed by atoms with Gasteiger partial charge in [-0.15, -0.1) is 0 Å². The smallest absolute Gasteiger partial charge is 0.233 e. The van der Waals surface area contributed by atoms with E-state index in [-0.39, 0.29) is 40.6 Å². The minimum atomic E-state index is -1.27. The fourth-order valence-electron chi connectivity index (χ4n) is 2.35. The average molecular weight is 304 g/mol. The van der Waals surface area contributed by atoms with Gasteiger partial charge in [0.15, 0.2) is 17.3 Å². The summed E-state index contributed by atoms with van der Waals surface area (Å²) in [5.74, 6) is -2.00. The van der Waals surface area contributed by atoms with Crippen LogP contribution in [-0.4, -0.2) is 25.5 Å². The van der Waals surface area contributed by atoms with Crippen molar-refractivity contribution in [2.45, 2.75) is 12.5 Å². The van der Waals surface area contributed by atoms with Crippen LogP contribution in [0.2, 0.25) is 0 Å². The van der Waals surface area contributed by atoms with E-state index in [1.54, 1.807) is 0 Å². The van der Waals surface area contributed by atoms with E-state index in [9.17, 15) is 30.3 Å². The van der Waals surface area contributed by atoms with Crippen molar-refractivity contribution in [1.29, 1.82) is 0 Å². The van der Waals surface area contributed by atoms with Crippen molar-refractivity contribution in [3.63, 3.8) is 0 Å². The van der Waals surface area contributed by atoms with E-state index < -0.39 is 23.0 Å². The molecule has 0 saturated carbocycles. The Morgan fingerprint density at radius 1 is 1.09 bits per heavy atom. The van der Waals surface area contributed by atoms with Crippen molar-refractivity contribution in [3.05, 3.63) is 45.5 Å². The van der Waals surface area contributed by atoms with Gasteiger partial charge in [0.25, 0.3) is 0 Å². The summed E-state index contributed by atoms with van der Waals surface area (Å²) in [6, 6.07) is 3.62. The molecule has 1 aliphatic carbocycles. The normalized spacial score (nSPS) is 17.0. The zero-order chi connectivity index (χ0) is 16.0. The summed E-state index contributed by atoms with van der Waals surface area (Å²) in [5.41, 5.74) is -0.803. The number of hydrogen-bond donors (Lipinski definition) is 5. The van der Waals surface area contributed by atoms with Crippen LogP contribution in [0, 0.1) is 0 Å². The molecular formula is C15H12O7. The molecule has 5 N–H and O–H groups in total. The molecule has 1 aromatic heterocycles. The molecule has 0 radical (unpaired) electrons. The fraction of sp³-hybridized carbons (Fsp3) is 0.133. The number of aromatic hydroxyl groups is 3. The number of rotatable bonds is 1. The lowest BCUT2D eigenvalue weighted by molar-refractivity contribution is 0.153. The van der Waals surface area contributed by atoms with E-state index in [1.165, 1.54) is 18.2 Å². The number of aliphatic hydroxyl groups excluding tert-OH is 2. The molecule has 0 aliphatic heterocycles. The minimum absolute atomic E-state index is 0.0679. The van der Waals surface area contributed by atoms with Gasteiger partial charge >= 0.3 is 0 Å². The first kappa shape index (κ1) is 14.0. The third-order valence-electron chi connectivity index (χ3n) is 3.42. The van der Waals surface area contributed by atoms with Gasteiger partial charge in [-0.2, -0.15) is 0 Å². The summed E-state index contributed by atoms with van der Waals surface area (Å²) in [7, 11) is 0. The second kappa shape index (κ2) is 4.81. The van der Waals surface area contributed by atoms with E-state index >= 15 is 0 Å². The molecule has 22 heavy (non-hydrogen) atoms. The zero-order valence-electron chi connectivity index (χ0n) is 11.1. The highest BCUT2D eigenvalue weighted by Crippen LogP contribution is 2.37. The van der Waals surface area contributed by atoms with Gasteiger partial charge in [0.2, 0.25) is 11.2 Å². The maximum Gasteiger partial charge on any atom is 0.233 e. The quantitative estimate of drug-likeness (QED) is 0.507. The van der Waals surface area contributed by atoms with E-state index in [0.29, 0.717) is 0 Å². The Morgan fingerprint density at radius 3 is 2.50 bits per heavy atom. The van der Waals surface area contributed by atoms with Crippen LogP contribution in [0.25, 0.3) is 17.4 Å². The fourth-order valence-corrected chi connectivity index (χ4v) is 2.35. The topological polar surface area (TPSA) is 131 Å². The second-order valence-corrected chi connectivity index (χ2v) is 4.95. The molecule has 0 saturated heterocycles. The van der Waals surface area contributed by atoms with Crippen LogP contribution in [0.3, 0.4) is 0 Å². The molecule has 0 spiro atoms. The Labute approximate surface area is 123 Å². The van der Waals surface area contributed by atoms with Crippen LogP contribution in [0.15, 0.2) is 33.2 Å². The van der Waals surface area contributed by atoms with E-state index in [4.69, 9.17) is 4.42 Å². The first-order chi connectivity index (χ1) is 10.4. The van der Waals surface area contributed by atoms with E-state index in [2.05, 4.69) is 0 Å².